The van der Waals surface area contributed by atoms with Crippen molar-refractivity contribution in [3.05, 3.63) is 53.2 Å². The first-order chi connectivity index (χ1) is 14.5. The second-order valence-electron chi connectivity index (χ2n) is 7.49. The van der Waals surface area contributed by atoms with Gasteiger partial charge in [-0.2, -0.15) is 5.26 Å². The number of benzene rings is 1. The van der Waals surface area contributed by atoms with E-state index < -0.39 is 0 Å². The van der Waals surface area contributed by atoms with Gasteiger partial charge in [0.25, 0.3) is 0 Å². The van der Waals surface area contributed by atoms with Gasteiger partial charge in [0.15, 0.2) is 0 Å². The molecule has 0 spiro atoms. The van der Waals surface area contributed by atoms with Crippen LogP contribution < -0.4 is 9.64 Å². The van der Waals surface area contributed by atoms with Crippen molar-refractivity contribution in [3.8, 4) is 11.9 Å². The molecule has 7 nitrogen and oxygen atoms in total. The predicted molar refractivity (Wildman–Crippen MR) is 111 cm³/mol. The van der Waals surface area contributed by atoms with Crippen LogP contribution >= 0.6 is 11.6 Å². The maximum atomic E-state index is 13.0. The number of carbonyl (C=O) groups excluding carboxylic acids is 2. The van der Waals surface area contributed by atoms with E-state index in [1.165, 1.54) is 0 Å². The summed E-state index contributed by atoms with van der Waals surface area (Å²) in [5.41, 5.74) is 1.17. The highest BCUT2D eigenvalue weighted by Gasteiger charge is 2.38. The van der Waals surface area contributed by atoms with Crippen LogP contribution in [0, 0.1) is 17.2 Å². The van der Waals surface area contributed by atoms with Crippen LogP contribution in [0.1, 0.15) is 24.8 Å². The number of aromatic nitrogens is 1. The lowest BCUT2D eigenvalue weighted by Crippen LogP contribution is -2.45. The molecule has 154 valence electrons. The van der Waals surface area contributed by atoms with Crippen LogP contribution in [0.3, 0.4) is 0 Å². The zero-order valence-electron chi connectivity index (χ0n) is 16.3. The zero-order chi connectivity index (χ0) is 21.1. The molecular formula is C22H21ClN4O3. The fraction of sp³-hybridized carbons (Fsp3) is 0.364. The number of amides is 2. The normalized spacial score (nSPS) is 19.6. The molecule has 0 saturated carbocycles. The van der Waals surface area contributed by atoms with E-state index in [9.17, 15) is 9.59 Å². The van der Waals surface area contributed by atoms with Crippen LogP contribution in [0.15, 0.2) is 42.6 Å². The number of hydrogen-bond acceptors (Lipinski definition) is 5. The Morgan fingerprint density at radius 1 is 1.20 bits per heavy atom. The molecule has 30 heavy (non-hydrogen) atoms. The number of halogens is 1. The number of nitriles is 1. The number of carbonyl (C=O) groups is 2. The Labute approximate surface area is 179 Å². The highest BCUT2D eigenvalue weighted by Crippen LogP contribution is 2.28. The topological polar surface area (TPSA) is 86.5 Å². The van der Waals surface area contributed by atoms with E-state index in [4.69, 9.17) is 21.6 Å². The fourth-order valence-electron chi connectivity index (χ4n) is 3.92. The molecule has 2 aromatic rings. The Morgan fingerprint density at radius 2 is 1.93 bits per heavy atom. The molecule has 1 atom stereocenters. The SMILES string of the molecule is N#Cc1cccnc1OC1CCN(C(=O)[C@@H]2CC(=O)N(c3ccc(Cl)cc3)C2)CC1. The van der Waals surface area contributed by atoms with Crippen LogP contribution in [-0.4, -0.2) is 47.4 Å². The summed E-state index contributed by atoms with van der Waals surface area (Å²) in [4.78, 5) is 33.0. The standard InChI is InChI=1S/C22H21ClN4O3/c23-17-3-5-18(6-4-17)27-14-16(12-20(27)28)22(29)26-10-7-19(8-11-26)30-21-15(13-24)2-1-9-25-21/h1-6,9,16,19H,7-8,10-12,14H2/t16-/m1/s1. The third-order valence-corrected chi connectivity index (χ3v) is 5.79. The molecule has 2 saturated heterocycles. The van der Waals surface area contributed by atoms with Gasteiger partial charge >= 0.3 is 0 Å². The third-order valence-electron chi connectivity index (χ3n) is 5.54. The molecule has 0 aliphatic carbocycles. The van der Waals surface area contributed by atoms with E-state index in [2.05, 4.69) is 11.1 Å². The fourth-order valence-corrected chi connectivity index (χ4v) is 4.05. The number of pyridine rings is 1. The van der Waals surface area contributed by atoms with E-state index in [0.717, 1.165) is 5.69 Å². The number of hydrogen-bond donors (Lipinski definition) is 0. The van der Waals surface area contributed by atoms with Crippen molar-refractivity contribution in [2.24, 2.45) is 5.92 Å². The quantitative estimate of drug-likeness (QED) is 0.752. The number of ether oxygens (including phenoxy) is 1. The van der Waals surface area contributed by atoms with Crippen molar-refractivity contribution in [1.82, 2.24) is 9.88 Å². The van der Waals surface area contributed by atoms with Crippen LogP contribution in [-0.2, 0) is 9.59 Å². The molecule has 8 heteroatoms. The summed E-state index contributed by atoms with van der Waals surface area (Å²) < 4.78 is 5.89. The van der Waals surface area contributed by atoms with Crippen molar-refractivity contribution >= 4 is 29.1 Å². The third kappa shape index (κ3) is 4.24. The molecule has 3 heterocycles. The van der Waals surface area contributed by atoms with E-state index in [0.29, 0.717) is 48.9 Å². The molecule has 0 bridgehead atoms. The molecule has 4 rings (SSSR count). The molecule has 2 fully saturated rings. The lowest BCUT2D eigenvalue weighted by atomic mass is 10.0. The first kappa shape index (κ1) is 20.2. The van der Waals surface area contributed by atoms with Crippen LogP contribution in [0.2, 0.25) is 5.02 Å². The number of likely N-dealkylation sites (tertiary alicyclic amines) is 1. The minimum absolute atomic E-state index is 0.00816. The van der Waals surface area contributed by atoms with Gasteiger partial charge in [0.05, 0.1) is 5.92 Å². The number of nitrogens with zero attached hydrogens (tertiary/aromatic N) is 4. The molecule has 1 aromatic carbocycles. The Balaban J connectivity index is 1.33. The summed E-state index contributed by atoms with van der Waals surface area (Å²) in [5.74, 6) is -0.0432. The van der Waals surface area contributed by atoms with E-state index in [1.54, 1.807) is 47.5 Å². The molecule has 2 amide bonds. The lowest BCUT2D eigenvalue weighted by molar-refractivity contribution is -0.137. The van der Waals surface area contributed by atoms with Gasteiger partial charge in [-0.3, -0.25) is 9.59 Å². The van der Waals surface area contributed by atoms with Gasteiger partial charge in [0.1, 0.15) is 17.7 Å². The summed E-state index contributed by atoms with van der Waals surface area (Å²) in [7, 11) is 0. The Bertz CT molecular complexity index is 981. The second kappa shape index (κ2) is 8.72. The predicted octanol–water partition coefficient (Wildman–Crippen LogP) is 3.03. The summed E-state index contributed by atoms with van der Waals surface area (Å²) in [6, 6.07) is 12.5. The first-order valence-electron chi connectivity index (χ1n) is 9.91. The molecule has 1 aromatic heterocycles. The van der Waals surface area contributed by atoms with Gasteiger partial charge in [-0.1, -0.05) is 11.6 Å². The minimum atomic E-state index is -0.341. The average molecular weight is 425 g/mol. The minimum Gasteiger partial charge on any atom is -0.473 e. The van der Waals surface area contributed by atoms with Crippen molar-refractivity contribution in [3.63, 3.8) is 0 Å². The first-order valence-corrected chi connectivity index (χ1v) is 10.3. The molecule has 2 aliphatic rings. The largest absolute Gasteiger partial charge is 0.473 e. The Hall–Kier alpha value is -3.11. The monoisotopic (exact) mass is 424 g/mol. The van der Waals surface area contributed by atoms with Gasteiger partial charge in [0.2, 0.25) is 17.7 Å². The molecule has 2 aliphatic heterocycles. The van der Waals surface area contributed by atoms with Gasteiger partial charge < -0.3 is 14.5 Å². The second-order valence-corrected chi connectivity index (χ2v) is 7.93. The van der Waals surface area contributed by atoms with Crippen LogP contribution in [0.4, 0.5) is 5.69 Å². The molecule has 0 radical (unpaired) electrons. The van der Waals surface area contributed by atoms with Crippen molar-refractivity contribution in [2.45, 2.75) is 25.4 Å². The summed E-state index contributed by atoms with van der Waals surface area (Å²) in [6.07, 6.45) is 3.05. The van der Waals surface area contributed by atoms with Gasteiger partial charge in [0, 0.05) is 55.8 Å². The number of rotatable bonds is 4. The Morgan fingerprint density at radius 3 is 2.63 bits per heavy atom. The van der Waals surface area contributed by atoms with Gasteiger partial charge in [-0.15, -0.1) is 0 Å². The molecular weight excluding hydrogens is 404 g/mol. The summed E-state index contributed by atoms with van der Waals surface area (Å²) >= 11 is 5.92. The van der Waals surface area contributed by atoms with E-state index in [-0.39, 0.29) is 30.3 Å². The van der Waals surface area contributed by atoms with Gasteiger partial charge in [-0.25, -0.2) is 4.98 Å². The highest BCUT2D eigenvalue weighted by molar-refractivity contribution is 6.30. The van der Waals surface area contributed by atoms with Crippen LogP contribution in [0.25, 0.3) is 0 Å². The van der Waals surface area contributed by atoms with Crippen LogP contribution in [0.5, 0.6) is 5.88 Å². The van der Waals surface area contributed by atoms with Crippen molar-refractivity contribution in [2.75, 3.05) is 24.5 Å². The summed E-state index contributed by atoms with van der Waals surface area (Å²) in [5, 5.41) is 9.77. The van der Waals surface area contributed by atoms with Gasteiger partial charge in [-0.05, 0) is 36.4 Å². The van der Waals surface area contributed by atoms with Crippen molar-refractivity contribution < 1.29 is 14.3 Å². The average Bonchev–Trinajstić information content (AvgIpc) is 3.16. The van der Waals surface area contributed by atoms with E-state index in [1.807, 2.05) is 4.90 Å². The van der Waals surface area contributed by atoms with Crippen molar-refractivity contribution in [1.29, 1.82) is 5.26 Å². The van der Waals surface area contributed by atoms with E-state index >= 15 is 0 Å². The molecule has 0 N–H and O–H groups in total. The smallest absolute Gasteiger partial charge is 0.231 e. The zero-order valence-corrected chi connectivity index (χ0v) is 17.1. The number of anilines is 1. The number of piperidine rings is 1. The maximum Gasteiger partial charge on any atom is 0.231 e. The summed E-state index contributed by atoms with van der Waals surface area (Å²) in [6.45, 7) is 1.50. The highest BCUT2D eigenvalue weighted by atomic mass is 35.5. The molecule has 0 unspecified atom stereocenters. The Kier molecular flexibility index (Phi) is 5.86. The maximum absolute atomic E-state index is 13.0. The lowest BCUT2D eigenvalue weighted by Gasteiger charge is -2.33.